The Kier molecular flexibility index (Phi) is 4.93. The number of aromatic nitrogens is 2. The van der Waals surface area contributed by atoms with Crippen molar-refractivity contribution in [3.63, 3.8) is 0 Å². The molecule has 0 radical (unpaired) electrons. The second kappa shape index (κ2) is 6.68. The lowest BCUT2D eigenvalue weighted by molar-refractivity contribution is 0.0576. The molecule has 3 N–H and O–H groups in total. The number of hydrazine groups is 1. The summed E-state index contributed by atoms with van der Waals surface area (Å²) in [5.41, 5.74) is 3.70. The third-order valence-electron chi connectivity index (χ3n) is 3.56. The van der Waals surface area contributed by atoms with Gasteiger partial charge in [0, 0.05) is 25.8 Å². The van der Waals surface area contributed by atoms with Crippen molar-refractivity contribution in [3.8, 4) is 0 Å². The lowest BCUT2D eigenvalue weighted by atomic mass is 10.0. The van der Waals surface area contributed by atoms with Crippen molar-refractivity contribution in [3.05, 3.63) is 11.9 Å². The molecule has 1 aromatic rings. The van der Waals surface area contributed by atoms with Crippen molar-refractivity contribution >= 4 is 11.6 Å². The second-order valence-electron chi connectivity index (χ2n) is 4.99. The zero-order valence-corrected chi connectivity index (χ0v) is 11.7. The number of ether oxygens (including phenoxy) is 1. The van der Waals surface area contributed by atoms with Gasteiger partial charge in [-0.15, -0.1) is 0 Å². The van der Waals surface area contributed by atoms with Crippen molar-refractivity contribution in [2.75, 3.05) is 37.1 Å². The Balaban J connectivity index is 2.11. The Hall–Kier alpha value is -1.40. The average Bonchev–Trinajstić information content (AvgIpc) is 2.47. The molecule has 1 unspecified atom stereocenters. The fourth-order valence-electron chi connectivity index (χ4n) is 2.61. The molecule has 1 atom stereocenters. The van der Waals surface area contributed by atoms with Crippen molar-refractivity contribution in [2.45, 2.75) is 26.2 Å². The summed E-state index contributed by atoms with van der Waals surface area (Å²) in [6.07, 6.45) is 4.77. The van der Waals surface area contributed by atoms with Crippen molar-refractivity contribution < 1.29 is 4.74 Å². The molecule has 6 heteroatoms. The van der Waals surface area contributed by atoms with Crippen LogP contribution in [0.3, 0.4) is 0 Å². The smallest absolute Gasteiger partial charge is 0.148 e. The van der Waals surface area contributed by atoms with E-state index in [0.29, 0.717) is 11.7 Å². The summed E-state index contributed by atoms with van der Waals surface area (Å²) in [4.78, 5) is 10.7. The summed E-state index contributed by atoms with van der Waals surface area (Å²) in [6, 6.07) is 0. The Morgan fingerprint density at radius 3 is 3.00 bits per heavy atom. The minimum atomic E-state index is 0.577. The van der Waals surface area contributed by atoms with Crippen molar-refractivity contribution in [1.29, 1.82) is 0 Å². The van der Waals surface area contributed by atoms with Crippen LogP contribution < -0.4 is 16.2 Å². The maximum atomic E-state index is 5.53. The minimum absolute atomic E-state index is 0.577. The number of hydrogen-bond acceptors (Lipinski definition) is 6. The number of nitrogens with zero attached hydrogens (tertiary/aromatic N) is 3. The maximum Gasteiger partial charge on any atom is 0.148 e. The van der Waals surface area contributed by atoms with Gasteiger partial charge in [0.1, 0.15) is 18.0 Å². The summed E-state index contributed by atoms with van der Waals surface area (Å²) in [7, 11) is 2.07. The van der Waals surface area contributed by atoms with Crippen molar-refractivity contribution in [1.82, 2.24) is 9.97 Å². The van der Waals surface area contributed by atoms with Crippen LogP contribution in [0.2, 0.25) is 0 Å². The molecule has 1 aromatic heterocycles. The summed E-state index contributed by atoms with van der Waals surface area (Å²) in [5.74, 6) is 7.74. The Morgan fingerprint density at radius 1 is 1.53 bits per heavy atom. The van der Waals surface area contributed by atoms with E-state index in [9.17, 15) is 0 Å². The molecule has 6 nitrogen and oxygen atoms in total. The highest BCUT2D eigenvalue weighted by Crippen LogP contribution is 2.24. The van der Waals surface area contributed by atoms with Gasteiger partial charge in [-0.1, -0.05) is 6.92 Å². The largest absolute Gasteiger partial charge is 0.381 e. The first-order valence-corrected chi connectivity index (χ1v) is 6.85. The Labute approximate surface area is 114 Å². The van der Waals surface area contributed by atoms with Crippen LogP contribution in [0.25, 0.3) is 0 Å². The number of nitrogen functional groups attached to an aromatic ring is 1. The van der Waals surface area contributed by atoms with E-state index < -0.39 is 0 Å². The molecule has 0 spiro atoms. The fraction of sp³-hybridized carbons (Fsp3) is 0.692. The van der Waals surface area contributed by atoms with Gasteiger partial charge in [-0.25, -0.2) is 15.8 Å². The second-order valence-corrected chi connectivity index (χ2v) is 4.99. The molecular weight excluding hydrogens is 242 g/mol. The van der Waals surface area contributed by atoms with Gasteiger partial charge in [-0.3, -0.25) is 0 Å². The van der Waals surface area contributed by atoms with Gasteiger partial charge in [0.15, 0.2) is 0 Å². The van der Waals surface area contributed by atoms with E-state index in [1.165, 1.54) is 6.42 Å². The van der Waals surface area contributed by atoms with E-state index in [1.54, 1.807) is 6.33 Å². The summed E-state index contributed by atoms with van der Waals surface area (Å²) < 4.78 is 5.53. The van der Waals surface area contributed by atoms with Gasteiger partial charge in [0.05, 0.1) is 6.61 Å². The van der Waals surface area contributed by atoms with Gasteiger partial charge >= 0.3 is 0 Å². The van der Waals surface area contributed by atoms with E-state index in [0.717, 1.165) is 44.0 Å². The molecule has 0 aliphatic carbocycles. The van der Waals surface area contributed by atoms with Crippen LogP contribution in [-0.4, -0.2) is 36.8 Å². The Bertz CT molecular complexity index is 406. The third kappa shape index (κ3) is 3.33. The SMILES string of the molecule is CCc1c(NN)ncnc1N(C)CC1CCCOC1. The molecular formula is C13H23N5O. The summed E-state index contributed by atoms with van der Waals surface area (Å²) in [6.45, 7) is 4.78. The number of hydrogen-bond donors (Lipinski definition) is 2. The minimum Gasteiger partial charge on any atom is -0.381 e. The van der Waals surface area contributed by atoms with E-state index in [4.69, 9.17) is 10.6 Å². The van der Waals surface area contributed by atoms with Gasteiger partial charge < -0.3 is 15.1 Å². The monoisotopic (exact) mass is 265 g/mol. The van der Waals surface area contributed by atoms with Crippen LogP contribution in [0.4, 0.5) is 11.6 Å². The number of nitrogens with two attached hydrogens (primary N) is 1. The molecule has 0 saturated carbocycles. The van der Waals surface area contributed by atoms with E-state index in [2.05, 4.69) is 34.3 Å². The topological polar surface area (TPSA) is 76.3 Å². The van der Waals surface area contributed by atoms with Crippen LogP contribution in [0.1, 0.15) is 25.3 Å². The number of nitrogens with one attached hydrogen (secondary N) is 1. The number of anilines is 2. The molecule has 2 heterocycles. The van der Waals surface area contributed by atoms with E-state index in [1.807, 2.05) is 0 Å². The van der Waals surface area contributed by atoms with Crippen LogP contribution in [0.5, 0.6) is 0 Å². The molecule has 1 fully saturated rings. The molecule has 0 amide bonds. The first kappa shape index (κ1) is 14.0. The van der Waals surface area contributed by atoms with Gasteiger partial charge in [0.25, 0.3) is 0 Å². The van der Waals surface area contributed by atoms with Gasteiger partial charge in [0.2, 0.25) is 0 Å². The normalized spacial score (nSPS) is 19.2. The summed E-state index contributed by atoms with van der Waals surface area (Å²) >= 11 is 0. The van der Waals surface area contributed by atoms with Crippen LogP contribution in [-0.2, 0) is 11.2 Å². The highest BCUT2D eigenvalue weighted by molar-refractivity contribution is 5.57. The zero-order chi connectivity index (χ0) is 13.7. The summed E-state index contributed by atoms with van der Waals surface area (Å²) in [5, 5.41) is 0. The zero-order valence-electron chi connectivity index (χ0n) is 11.7. The lowest BCUT2D eigenvalue weighted by Gasteiger charge is -2.29. The van der Waals surface area contributed by atoms with Gasteiger partial charge in [-0.05, 0) is 25.2 Å². The van der Waals surface area contributed by atoms with Crippen LogP contribution in [0, 0.1) is 5.92 Å². The molecule has 19 heavy (non-hydrogen) atoms. The third-order valence-corrected chi connectivity index (χ3v) is 3.56. The lowest BCUT2D eigenvalue weighted by Crippen LogP contribution is -2.32. The van der Waals surface area contributed by atoms with E-state index >= 15 is 0 Å². The average molecular weight is 265 g/mol. The Morgan fingerprint density at radius 2 is 2.37 bits per heavy atom. The molecule has 1 saturated heterocycles. The quantitative estimate of drug-likeness (QED) is 0.615. The predicted octanol–water partition coefficient (Wildman–Crippen LogP) is 1.19. The van der Waals surface area contributed by atoms with Crippen LogP contribution >= 0.6 is 0 Å². The first-order valence-electron chi connectivity index (χ1n) is 6.85. The fourth-order valence-corrected chi connectivity index (χ4v) is 2.61. The highest BCUT2D eigenvalue weighted by Gasteiger charge is 2.19. The molecule has 0 bridgehead atoms. The molecule has 106 valence electrons. The standard InChI is InChI=1S/C13H23N5O/c1-3-11-12(17-14)15-9-16-13(11)18(2)7-10-5-4-6-19-8-10/h9-10H,3-8,14H2,1-2H3,(H,15,16,17). The maximum absolute atomic E-state index is 5.53. The molecule has 0 aromatic carbocycles. The molecule has 2 rings (SSSR count). The first-order chi connectivity index (χ1) is 9.26. The molecule has 1 aliphatic rings. The highest BCUT2D eigenvalue weighted by atomic mass is 16.5. The van der Waals surface area contributed by atoms with Gasteiger partial charge in [-0.2, -0.15) is 0 Å². The molecule has 1 aliphatic heterocycles. The van der Waals surface area contributed by atoms with Crippen molar-refractivity contribution in [2.24, 2.45) is 11.8 Å². The number of rotatable bonds is 5. The predicted molar refractivity (Wildman–Crippen MR) is 76.0 cm³/mol. The van der Waals surface area contributed by atoms with E-state index in [-0.39, 0.29) is 0 Å². The van der Waals surface area contributed by atoms with Crippen LogP contribution in [0.15, 0.2) is 6.33 Å².